The molecule has 2 aliphatic heterocycles. The minimum absolute atomic E-state index is 0.0473. The molecule has 7 amide bonds. The summed E-state index contributed by atoms with van der Waals surface area (Å²) in [7, 11) is 3.35. The minimum Gasteiger partial charge on any atom is -0.347 e. The molecule has 406 valence electrons. The van der Waals surface area contributed by atoms with Gasteiger partial charge < -0.3 is 46.6 Å². The Morgan fingerprint density at radius 2 is 1.14 bits per heavy atom. The number of fused-ring (bicyclic) bond motifs is 2. The van der Waals surface area contributed by atoms with Crippen LogP contribution in [0.1, 0.15) is 124 Å². The number of carbonyl (C=O) groups excluding carboxylic acids is 7. The van der Waals surface area contributed by atoms with Gasteiger partial charge in [-0.3, -0.25) is 33.6 Å². The predicted octanol–water partition coefficient (Wildman–Crippen LogP) is 5.34. The van der Waals surface area contributed by atoms with Gasteiger partial charge in [-0.15, -0.1) is 0 Å². The average Bonchev–Trinajstić information content (AvgIpc) is 3.84. The van der Waals surface area contributed by atoms with Crippen LogP contribution in [0, 0.1) is 10.8 Å². The van der Waals surface area contributed by atoms with E-state index in [-0.39, 0.29) is 74.6 Å². The van der Waals surface area contributed by atoms with Crippen LogP contribution in [0.3, 0.4) is 0 Å². The molecule has 1 saturated heterocycles. The van der Waals surface area contributed by atoms with Crippen molar-refractivity contribution in [2.24, 2.45) is 10.8 Å². The SMILES string of the molecule is CN[C@@H](C)C(=O)N[C@H](C(=O)N1C[C@@H](NC(=O)c2ccc(CN(Cc3ccccc3)C(=O)[C@@H]3Cc4ccccc4CN3C(=O)[C@@H](NC(=O)[C@H](C)NC)C(C)(C)C)cc2)C[C@H]1C(=O)N[C@@H]1CCCc2ccccc21)C(C)(C)C. The fraction of sp³-hybridized carbons (Fsp3) is 0.483. The highest BCUT2D eigenvalue weighted by atomic mass is 16.2. The molecular formula is C60H79N9O7. The fourth-order valence-electron chi connectivity index (χ4n) is 10.5. The van der Waals surface area contributed by atoms with E-state index in [1.807, 2.05) is 114 Å². The van der Waals surface area contributed by atoms with Gasteiger partial charge in [-0.25, -0.2) is 0 Å². The predicted molar refractivity (Wildman–Crippen MR) is 293 cm³/mol. The van der Waals surface area contributed by atoms with Crippen LogP contribution in [0.2, 0.25) is 0 Å². The summed E-state index contributed by atoms with van der Waals surface area (Å²) in [5, 5.41) is 18.2. The van der Waals surface area contributed by atoms with Gasteiger partial charge in [0.25, 0.3) is 5.91 Å². The molecule has 0 spiro atoms. The van der Waals surface area contributed by atoms with E-state index in [1.54, 1.807) is 62.0 Å². The number of amides is 7. The lowest BCUT2D eigenvalue weighted by Crippen LogP contribution is -2.62. The van der Waals surface area contributed by atoms with Crippen molar-refractivity contribution in [3.8, 4) is 0 Å². The number of nitrogens with zero attached hydrogens (tertiary/aromatic N) is 3. The summed E-state index contributed by atoms with van der Waals surface area (Å²) in [4.78, 5) is 105. The Morgan fingerprint density at radius 1 is 0.618 bits per heavy atom. The topological polar surface area (TPSA) is 201 Å². The molecule has 4 aromatic rings. The van der Waals surface area contributed by atoms with Gasteiger partial charge in [-0.05, 0) is 110 Å². The van der Waals surface area contributed by atoms with E-state index < -0.39 is 64.9 Å². The maximum Gasteiger partial charge on any atom is 0.251 e. The Morgan fingerprint density at radius 3 is 1.72 bits per heavy atom. The standard InChI is InChI=1S/C60H79N9O7/c1-37(61-9)52(70)65-50(59(3,4)5)57(75)68-35-44-23-15-14-22-43(44)31-49(68)56(74)67(33-39-19-12-11-13-20-39)34-40-27-29-42(30-28-40)54(72)63-45-32-48(55(73)64-47-26-18-24-41-21-16-17-25-46(41)47)69(36-45)58(76)51(60(6,7)8)66-53(71)38(2)62-10/h11-17,19-23,25,27-30,37-38,45,47-51,61-62H,18,24,26,31-36H2,1-10H3,(H,63,72)(H,64,73)(H,65,70)(H,66,71)/t37-,38-,45-,47+,48-,49-,50+,51+/m0/s1. The van der Waals surface area contributed by atoms with Crippen LogP contribution in [-0.4, -0.2) is 119 Å². The van der Waals surface area contributed by atoms with Crippen molar-refractivity contribution < 1.29 is 33.6 Å². The fourth-order valence-corrected chi connectivity index (χ4v) is 10.5. The number of aryl methyl sites for hydroxylation is 1. The van der Waals surface area contributed by atoms with Crippen LogP contribution in [0.25, 0.3) is 0 Å². The molecule has 0 unspecified atom stereocenters. The Kier molecular flexibility index (Phi) is 18.2. The van der Waals surface area contributed by atoms with Crippen molar-refractivity contribution in [1.29, 1.82) is 0 Å². The highest BCUT2D eigenvalue weighted by Crippen LogP contribution is 2.33. The zero-order valence-electron chi connectivity index (χ0n) is 46.0. The van der Waals surface area contributed by atoms with E-state index in [9.17, 15) is 28.8 Å². The maximum atomic E-state index is 15.2. The third kappa shape index (κ3) is 13.5. The van der Waals surface area contributed by atoms with E-state index in [1.165, 1.54) is 10.5 Å². The second-order valence-electron chi connectivity index (χ2n) is 23.0. The van der Waals surface area contributed by atoms with Gasteiger partial charge in [0.2, 0.25) is 35.4 Å². The average molecular weight is 1040 g/mol. The van der Waals surface area contributed by atoms with E-state index in [0.29, 0.717) is 5.56 Å². The third-order valence-corrected chi connectivity index (χ3v) is 15.3. The number of hydrogen-bond acceptors (Lipinski definition) is 9. The number of nitrogens with one attached hydrogen (secondary N) is 6. The molecule has 0 aromatic heterocycles. The molecule has 0 bridgehead atoms. The first-order valence-electron chi connectivity index (χ1n) is 26.8. The zero-order valence-corrected chi connectivity index (χ0v) is 46.0. The summed E-state index contributed by atoms with van der Waals surface area (Å²) in [6.45, 7) is 15.4. The third-order valence-electron chi connectivity index (χ3n) is 15.3. The van der Waals surface area contributed by atoms with Crippen LogP contribution in [-0.2, 0) is 61.2 Å². The molecule has 7 rings (SSSR count). The number of carbonyl (C=O) groups is 7. The molecule has 0 saturated carbocycles. The van der Waals surface area contributed by atoms with Gasteiger partial charge in [0.15, 0.2) is 0 Å². The summed E-state index contributed by atoms with van der Waals surface area (Å²) < 4.78 is 0. The van der Waals surface area contributed by atoms with Crippen LogP contribution in [0.4, 0.5) is 0 Å². The molecule has 16 nitrogen and oxygen atoms in total. The van der Waals surface area contributed by atoms with Crippen molar-refractivity contribution in [3.05, 3.63) is 142 Å². The Bertz CT molecular complexity index is 2740. The number of likely N-dealkylation sites (tertiary alicyclic amines) is 1. The van der Waals surface area contributed by atoms with Gasteiger partial charge in [0, 0.05) is 44.2 Å². The largest absolute Gasteiger partial charge is 0.347 e. The second-order valence-corrected chi connectivity index (χ2v) is 23.0. The highest BCUT2D eigenvalue weighted by Gasteiger charge is 2.47. The lowest BCUT2D eigenvalue weighted by atomic mass is 9.84. The lowest BCUT2D eigenvalue weighted by Gasteiger charge is -2.42. The monoisotopic (exact) mass is 1040 g/mol. The molecule has 6 N–H and O–H groups in total. The smallest absolute Gasteiger partial charge is 0.251 e. The molecule has 2 heterocycles. The molecule has 0 radical (unpaired) electrons. The summed E-state index contributed by atoms with van der Waals surface area (Å²) in [5.41, 5.74) is 4.73. The molecule has 1 fully saturated rings. The maximum absolute atomic E-state index is 15.2. The highest BCUT2D eigenvalue weighted by molar-refractivity contribution is 5.97. The van der Waals surface area contributed by atoms with Crippen molar-refractivity contribution in [2.45, 2.75) is 155 Å². The van der Waals surface area contributed by atoms with Gasteiger partial charge >= 0.3 is 0 Å². The van der Waals surface area contributed by atoms with Crippen LogP contribution < -0.4 is 31.9 Å². The molecule has 3 aliphatic rings. The Hall–Kier alpha value is -6.91. The molecular weight excluding hydrogens is 959 g/mol. The Labute approximate surface area is 448 Å². The summed E-state index contributed by atoms with van der Waals surface area (Å²) in [5.74, 6) is -2.40. The minimum atomic E-state index is -0.963. The van der Waals surface area contributed by atoms with Crippen LogP contribution in [0.15, 0.2) is 103 Å². The molecule has 8 atom stereocenters. The van der Waals surface area contributed by atoms with Crippen molar-refractivity contribution >= 4 is 41.4 Å². The van der Waals surface area contributed by atoms with Crippen LogP contribution in [0.5, 0.6) is 0 Å². The molecule has 16 heteroatoms. The van der Waals surface area contributed by atoms with Crippen LogP contribution >= 0.6 is 0 Å². The molecule has 1 aliphatic carbocycles. The number of rotatable bonds is 17. The molecule has 4 aromatic carbocycles. The number of hydrogen-bond donors (Lipinski definition) is 6. The number of likely N-dealkylation sites (N-methyl/N-ethyl adjacent to an activating group) is 2. The quantitative estimate of drug-likeness (QED) is 0.0808. The van der Waals surface area contributed by atoms with E-state index in [0.717, 1.165) is 47.1 Å². The summed E-state index contributed by atoms with van der Waals surface area (Å²) >= 11 is 0. The van der Waals surface area contributed by atoms with E-state index in [4.69, 9.17) is 0 Å². The second kappa shape index (κ2) is 24.4. The summed E-state index contributed by atoms with van der Waals surface area (Å²) in [6.07, 6.45) is 3.02. The van der Waals surface area contributed by atoms with Crippen molar-refractivity contribution in [1.82, 2.24) is 46.6 Å². The normalized spacial score (nSPS) is 19.9. The van der Waals surface area contributed by atoms with E-state index >= 15 is 4.79 Å². The van der Waals surface area contributed by atoms with Crippen molar-refractivity contribution in [3.63, 3.8) is 0 Å². The van der Waals surface area contributed by atoms with E-state index in [2.05, 4.69) is 38.0 Å². The van der Waals surface area contributed by atoms with Gasteiger partial charge in [0.05, 0.1) is 18.1 Å². The lowest BCUT2D eigenvalue weighted by molar-refractivity contribution is -0.151. The first kappa shape index (κ1) is 56.8. The van der Waals surface area contributed by atoms with Gasteiger partial charge in [-0.1, -0.05) is 133 Å². The van der Waals surface area contributed by atoms with Gasteiger partial charge in [0.1, 0.15) is 24.2 Å². The molecule has 76 heavy (non-hydrogen) atoms. The number of benzene rings is 4. The summed E-state index contributed by atoms with van der Waals surface area (Å²) in [6, 6.07) is 26.9. The first-order valence-corrected chi connectivity index (χ1v) is 26.8. The Balaban J connectivity index is 1.12. The van der Waals surface area contributed by atoms with Gasteiger partial charge in [-0.2, -0.15) is 0 Å². The first-order chi connectivity index (χ1) is 36.1. The zero-order chi connectivity index (χ0) is 55.1. The van der Waals surface area contributed by atoms with Crippen molar-refractivity contribution in [2.75, 3.05) is 20.6 Å².